The summed E-state index contributed by atoms with van der Waals surface area (Å²) in [5, 5.41) is 8.66. The lowest BCUT2D eigenvalue weighted by molar-refractivity contribution is 0.172. The molecule has 0 spiro atoms. The second-order valence-electron chi connectivity index (χ2n) is 6.83. The molecule has 1 aliphatic heterocycles. The number of benzene rings is 1. The lowest BCUT2D eigenvalue weighted by Crippen LogP contribution is -2.50. The van der Waals surface area contributed by atoms with Crippen molar-refractivity contribution in [1.82, 2.24) is 14.8 Å². The molecule has 3 N–H and O–H groups in total. The maximum atomic E-state index is 7.55. The van der Waals surface area contributed by atoms with Crippen molar-refractivity contribution in [2.75, 3.05) is 26.2 Å². The number of hydrogen-bond donors (Lipinski definition) is 2. The third-order valence-corrected chi connectivity index (χ3v) is 5.92. The Morgan fingerprint density at radius 1 is 1.15 bits per heavy atom. The molecule has 0 atom stereocenters. The van der Waals surface area contributed by atoms with E-state index in [-0.39, 0.29) is 5.96 Å². The molecule has 2 aromatic rings. The van der Waals surface area contributed by atoms with Gasteiger partial charge in [-0.1, -0.05) is 29.8 Å². The number of aryl methyl sites for hydroxylation is 2. The van der Waals surface area contributed by atoms with Crippen molar-refractivity contribution in [3.63, 3.8) is 0 Å². The summed E-state index contributed by atoms with van der Waals surface area (Å²) in [5.74, 6) is 1.12. The molecule has 0 bridgehead atoms. The number of nitrogens with zero attached hydrogens (tertiary/aromatic N) is 3. The van der Waals surface area contributed by atoms with Crippen LogP contribution >= 0.6 is 11.8 Å². The molecule has 0 saturated carbocycles. The Labute approximate surface area is 160 Å². The minimum Gasteiger partial charge on any atom is -0.370 e. The van der Waals surface area contributed by atoms with Gasteiger partial charge >= 0.3 is 0 Å². The molecule has 1 saturated heterocycles. The van der Waals surface area contributed by atoms with Gasteiger partial charge in [0.15, 0.2) is 5.96 Å². The van der Waals surface area contributed by atoms with E-state index >= 15 is 0 Å². The van der Waals surface area contributed by atoms with Crippen molar-refractivity contribution in [2.24, 2.45) is 5.73 Å². The van der Waals surface area contributed by atoms with Crippen LogP contribution in [0.2, 0.25) is 0 Å². The summed E-state index contributed by atoms with van der Waals surface area (Å²) in [6.45, 7) is 8.70. The molecule has 1 aromatic heterocycles. The first-order chi connectivity index (χ1) is 12.5. The van der Waals surface area contributed by atoms with Crippen LogP contribution in [0.1, 0.15) is 22.3 Å². The predicted octanol–water partition coefficient (Wildman–Crippen LogP) is 3.00. The number of nitrogens with two attached hydrogens (primary N) is 1. The van der Waals surface area contributed by atoms with Crippen LogP contribution < -0.4 is 5.73 Å². The lowest BCUT2D eigenvalue weighted by atomic mass is 10.1. The molecule has 26 heavy (non-hydrogen) atoms. The zero-order chi connectivity index (χ0) is 18.5. The first-order valence-corrected chi connectivity index (χ1v) is 9.95. The molecular weight excluding hydrogens is 342 g/mol. The smallest absolute Gasteiger partial charge is 0.188 e. The highest BCUT2D eigenvalue weighted by atomic mass is 32.2. The highest BCUT2D eigenvalue weighted by molar-refractivity contribution is 7.98. The van der Waals surface area contributed by atoms with Gasteiger partial charge in [0.25, 0.3) is 0 Å². The summed E-state index contributed by atoms with van der Waals surface area (Å²) in [5.41, 5.74) is 10.9. The number of thioether (sulfide) groups is 1. The minimum absolute atomic E-state index is 0.177. The van der Waals surface area contributed by atoms with E-state index in [0.29, 0.717) is 0 Å². The molecule has 0 radical (unpaired) electrons. The lowest BCUT2D eigenvalue weighted by Gasteiger charge is -2.35. The molecule has 0 aliphatic carbocycles. The van der Waals surface area contributed by atoms with E-state index in [2.05, 4.69) is 48.0 Å². The van der Waals surface area contributed by atoms with Crippen LogP contribution in [-0.4, -0.2) is 46.9 Å². The summed E-state index contributed by atoms with van der Waals surface area (Å²) >= 11 is 1.81. The summed E-state index contributed by atoms with van der Waals surface area (Å²) in [6.07, 6.45) is 1.88. The van der Waals surface area contributed by atoms with Crippen molar-refractivity contribution < 1.29 is 0 Å². The van der Waals surface area contributed by atoms with Crippen molar-refractivity contribution in [2.45, 2.75) is 31.2 Å². The van der Waals surface area contributed by atoms with Gasteiger partial charge in [-0.05, 0) is 36.6 Å². The van der Waals surface area contributed by atoms with Crippen molar-refractivity contribution in [1.29, 1.82) is 5.41 Å². The van der Waals surface area contributed by atoms with Crippen molar-refractivity contribution in [3.8, 4) is 0 Å². The Hall–Kier alpha value is -2.05. The molecule has 5 nitrogen and oxygen atoms in total. The number of hydrogen-bond acceptors (Lipinski definition) is 4. The highest BCUT2D eigenvalue weighted by Gasteiger charge is 2.19. The van der Waals surface area contributed by atoms with Crippen LogP contribution in [0.15, 0.2) is 41.6 Å². The number of pyridine rings is 1. The first-order valence-electron chi connectivity index (χ1n) is 8.97. The standard InChI is InChI=1S/C20H27N5S/c1-15-5-6-16(2)18(12-15)14-26-19-17(4-3-7-23-19)13-24-8-10-25(11-9-24)20(21)22/h3-7,12H,8-11,13-14H2,1-2H3,(H3,21,22). The van der Waals surface area contributed by atoms with Gasteiger partial charge in [-0.2, -0.15) is 0 Å². The normalized spacial score (nSPS) is 15.2. The molecule has 1 fully saturated rings. The van der Waals surface area contributed by atoms with Crippen LogP contribution in [0.5, 0.6) is 0 Å². The van der Waals surface area contributed by atoms with E-state index in [0.717, 1.165) is 43.5 Å². The Kier molecular flexibility index (Phi) is 6.16. The second kappa shape index (κ2) is 8.56. The molecular formula is C20H27N5S. The van der Waals surface area contributed by atoms with Gasteiger partial charge in [0.05, 0.1) is 0 Å². The first kappa shape index (κ1) is 18.7. The zero-order valence-corrected chi connectivity index (χ0v) is 16.4. The van der Waals surface area contributed by atoms with Gasteiger partial charge in [-0.25, -0.2) is 4.98 Å². The van der Waals surface area contributed by atoms with Crippen molar-refractivity contribution >= 4 is 17.7 Å². The van der Waals surface area contributed by atoms with Crippen LogP contribution in [0, 0.1) is 19.3 Å². The van der Waals surface area contributed by atoms with Crippen LogP contribution in [0.25, 0.3) is 0 Å². The Morgan fingerprint density at radius 2 is 1.92 bits per heavy atom. The van der Waals surface area contributed by atoms with Gasteiger partial charge < -0.3 is 10.6 Å². The van der Waals surface area contributed by atoms with Gasteiger partial charge in [0, 0.05) is 44.7 Å². The zero-order valence-electron chi connectivity index (χ0n) is 15.5. The Bertz CT molecular complexity index is 769. The summed E-state index contributed by atoms with van der Waals surface area (Å²) in [4.78, 5) is 8.97. The average molecular weight is 370 g/mol. The molecule has 1 aromatic carbocycles. The predicted molar refractivity (Wildman–Crippen MR) is 108 cm³/mol. The molecule has 1 aliphatic rings. The van der Waals surface area contributed by atoms with E-state index in [4.69, 9.17) is 11.1 Å². The fourth-order valence-electron chi connectivity index (χ4n) is 3.16. The summed E-state index contributed by atoms with van der Waals surface area (Å²) in [7, 11) is 0. The van der Waals surface area contributed by atoms with Crippen LogP contribution in [0.4, 0.5) is 0 Å². The maximum Gasteiger partial charge on any atom is 0.188 e. The number of piperazine rings is 1. The molecule has 0 unspecified atom stereocenters. The van der Waals surface area contributed by atoms with Crippen LogP contribution in [-0.2, 0) is 12.3 Å². The largest absolute Gasteiger partial charge is 0.370 e. The molecule has 6 heteroatoms. The second-order valence-corrected chi connectivity index (χ2v) is 7.80. The van der Waals surface area contributed by atoms with E-state index < -0.39 is 0 Å². The minimum atomic E-state index is 0.177. The van der Waals surface area contributed by atoms with Gasteiger partial charge in [-0.3, -0.25) is 10.3 Å². The van der Waals surface area contributed by atoms with Crippen molar-refractivity contribution in [3.05, 3.63) is 58.8 Å². The Balaban J connectivity index is 1.63. The molecule has 0 amide bonds. The summed E-state index contributed by atoms with van der Waals surface area (Å²) in [6, 6.07) is 10.8. The number of rotatable bonds is 5. The SMILES string of the molecule is Cc1ccc(C)c(CSc2ncccc2CN2CCN(C(=N)N)CC2)c1. The van der Waals surface area contributed by atoms with E-state index in [1.165, 1.54) is 22.3 Å². The van der Waals surface area contributed by atoms with E-state index in [9.17, 15) is 0 Å². The monoisotopic (exact) mass is 369 g/mol. The fraction of sp³-hybridized carbons (Fsp3) is 0.400. The van der Waals surface area contributed by atoms with Gasteiger partial charge in [0.1, 0.15) is 5.03 Å². The van der Waals surface area contributed by atoms with E-state index in [1.807, 2.05) is 28.9 Å². The third-order valence-electron chi connectivity index (χ3n) is 4.83. The average Bonchev–Trinajstić information content (AvgIpc) is 2.64. The fourth-order valence-corrected chi connectivity index (χ4v) is 4.22. The summed E-state index contributed by atoms with van der Waals surface area (Å²) < 4.78 is 0. The molecule has 3 rings (SSSR count). The molecule has 138 valence electrons. The quantitative estimate of drug-likeness (QED) is 0.482. The number of nitrogens with one attached hydrogen (secondary N) is 1. The van der Waals surface area contributed by atoms with E-state index in [1.54, 1.807) is 0 Å². The number of guanidine groups is 1. The maximum absolute atomic E-state index is 7.55. The number of aromatic nitrogens is 1. The van der Waals surface area contributed by atoms with Gasteiger partial charge in [-0.15, -0.1) is 11.8 Å². The third kappa shape index (κ3) is 4.77. The highest BCUT2D eigenvalue weighted by Crippen LogP contribution is 2.27. The van der Waals surface area contributed by atoms with Gasteiger partial charge in [0.2, 0.25) is 0 Å². The topological polar surface area (TPSA) is 69.2 Å². The van der Waals surface area contributed by atoms with Crippen LogP contribution in [0.3, 0.4) is 0 Å². The Morgan fingerprint density at radius 3 is 2.65 bits per heavy atom. The molecule has 2 heterocycles.